The smallest absolute Gasteiger partial charge is 0.342 e. The molecule has 0 unspecified atom stereocenters. The quantitative estimate of drug-likeness (QED) is 0.607. The molecule has 0 radical (unpaired) electrons. The van der Waals surface area contributed by atoms with Crippen molar-refractivity contribution in [1.82, 2.24) is 0 Å². The van der Waals surface area contributed by atoms with Crippen LogP contribution in [0.5, 0.6) is 5.75 Å². The molecule has 0 aliphatic heterocycles. The number of aromatic hydroxyl groups is 1. The number of hydrogen-bond acceptors (Lipinski definition) is 5. The number of para-hydroxylation sites is 1. The van der Waals surface area contributed by atoms with Crippen molar-refractivity contribution < 1.29 is 24.9 Å². The van der Waals surface area contributed by atoms with Gasteiger partial charge in [-0.05, 0) is 12.1 Å². The van der Waals surface area contributed by atoms with E-state index in [4.69, 9.17) is 10.2 Å². The molecule has 82 valence electrons. The first-order valence-corrected chi connectivity index (χ1v) is 4.39. The van der Waals surface area contributed by atoms with Gasteiger partial charge in [-0.3, -0.25) is 0 Å². The van der Waals surface area contributed by atoms with Gasteiger partial charge in [-0.15, -0.1) is 0 Å². The highest BCUT2D eigenvalue weighted by atomic mass is 16.5. The van der Waals surface area contributed by atoms with Gasteiger partial charge in [0.25, 0.3) is 0 Å². The zero-order chi connectivity index (χ0) is 11.3. The second-order valence-corrected chi connectivity index (χ2v) is 2.95. The Balaban J connectivity index is 2.58. The Kier molecular flexibility index (Phi) is 4.08. The molecular weight excluding hydrogens is 200 g/mol. The molecule has 0 bridgehead atoms. The predicted molar refractivity (Wildman–Crippen MR) is 51.5 cm³/mol. The largest absolute Gasteiger partial charge is 0.507 e. The molecule has 1 atom stereocenters. The van der Waals surface area contributed by atoms with E-state index in [0.29, 0.717) is 0 Å². The number of aliphatic hydroxyl groups is 2. The first-order chi connectivity index (χ1) is 7.15. The first-order valence-electron chi connectivity index (χ1n) is 4.39. The Morgan fingerprint density at radius 2 is 2.07 bits per heavy atom. The molecule has 1 rings (SSSR count). The number of ether oxygens (including phenoxy) is 1. The second kappa shape index (κ2) is 5.33. The minimum absolute atomic E-state index is 0.0302. The molecule has 0 heterocycles. The molecule has 0 fully saturated rings. The Hall–Kier alpha value is -1.59. The zero-order valence-corrected chi connectivity index (χ0v) is 7.96. The predicted octanol–water partition coefficient (Wildman–Crippen LogP) is -0.0978. The molecule has 3 N–H and O–H groups in total. The zero-order valence-electron chi connectivity index (χ0n) is 7.96. The molecule has 0 aliphatic rings. The molecule has 1 aromatic carbocycles. The summed E-state index contributed by atoms with van der Waals surface area (Å²) in [7, 11) is 0. The Morgan fingerprint density at radius 3 is 2.67 bits per heavy atom. The lowest BCUT2D eigenvalue weighted by Gasteiger charge is -2.08. The van der Waals surface area contributed by atoms with E-state index in [-0.39, 0.29) is 17.9 Å². The molecule has 5 nitrogen and oxygen atoms in total. The van der Waals surface area contributed by atoms with Crippen LogP contribution in [-0.4, -0.2) is 40.6 Å². The maximum atomic E-state index is 11.3. The molecular formula is C10H12O5. The number of carbonyl (C=O) groups excluding carboxylic acids is 1. The van der Waals surface area contributed by atoms with E-state index < -0.39 is 18.7 Å². The summed E-state index contributed by atoms with van der Waals surface area (Å²) in [5.74, 6) is -0.915. The summed E-state index contributed by atoms with van der Waals surface area (Å²) >= 11 is 0. The highest BCUT2D eigenvalue weighted by Gasteiger charge is 2.13. The third kappa shape index (κ3) is 3.23. The number of carbonyl (C=O) groups is 1. The fourth-order valence-corrected chi connectivity index (χ4v) is 0.949. The summed E-state index contributed by atoms with van der Waals surface area (Å²) in [5, 5.41) is 26.7. The lowest BCUT2D eigenvalue weighted by atomic mass is 10.2. The monoisotopic (exact) mass is 212 g/mol. The molecule has 5 heteroatoms. The van der Waals surface area contributed by atoms with Gasteiger partial charge in [0.05, 0.1) is 6.61 Å². The van der Waals surface area contributed by atoms with E-state index in [1.807, 2.05) is 0 Å². The van der Waals surface area contributed by atoms with Crippen molar-refractivity contribution in [1.29, 1.82) is 0 Å². The lowest BCUT2D eigenvalue weighted by molar-refractivity contribution is 0.00913. The second-order valence-electron chi connectivity index (χ2n) is 2.95. The number of benzene rings is 1. The fourth-order valence-electron chi connectivity index (χ4n) is 0.949. The van der Waals surface area contributed by atoms with Crippen molar-refractivity contribution in [2.75, 3.05) is 13.2 Å². The summed E-state index contributed by atoms with van der Waals surface area (Å²) in [5.41, 5.74) is 0.0302. The van der Waals surface area contributed by atoms with Crippen LogP contribution in [0, 0.1) is 0 Å². The number of hydrogen-bond donors (Lipinski definition) is 3. The van der Waals surface area contributed by atoms with Crippen LogP contribution in [0.1, 0.15) is 10.4 Å². The van der Waals surface area contributed by atoms with Crippen LogP contribution in [-0.2, 0) is 4.74 Å². The van der Waals surface area contributed by atoms with Crippen LogP contribution in [0.3, 0.4) is 0 Å². The van der Waals surface area contributed by atoms with Crippen molar-refractivity contribution in [3.63, 3.8) is 0 Å². The highest BCUT2D eigenvalue weighted by molar-refractivity contribution is 5.92. The summed E-state index contributed by atoms with van der Waals surface area (Å²) in [4.78, 5) is 11.3. The number of phenols is 1. The number of esters is 1. The SMILES string of the molecule is O=C(OC[C@H](O)CO)c1ccccc1O. The number of aliphatic hydroxyl groups excluding tert-OH is 2. The van der Waals surface area contributed by atoms with Crippen LogP contribution >= 0.6 is 0 Å². The van der Waals surface area contributed by atoms with Crippen LogP contribution < -0.4 is 0 Å². The van der Waals surface area contributed by atoms with E-state index in [1.54, 1.807) is 12.1 Å². The minimum atomic E-state index is -1.10. The maximum absolute atomic E-state index is 11.3. The normalized spacial score (nSPS) is 12.1. The van der Waals surface area contributed by atoms with Gasteiger partial charge in [0.15, 0.2) is 0 Å². The summed E-state index contributed by atoms with van der Waals surface area (Å²) < 4.78 is 4.65. The van der Waals surface area contributed by atoms with E-state index in [0.717, 1.165) is 0 Å². The van der Waals surface area contributed by atoms with Gasteiger partial charge in [-0.1, -0.05) is 12.1 Å². The van der Waals surface area contributed by atoms with E-state index >= 15 is 0 Å². The van der Waals surface area contributed by atoms with Gasteiger partial charge in [0, 0.05) is 0 Å². The highest BCUT2D eigenvalue weighted by Crippen LogP contribution is 2.16. The van der Waals surface area contributed by atoms with Crippen molar-refractivity contribution >= 4 is 5.97 Å². The lowest BCUT2D eigenvalue weighted by Crippen LogP contribution is -2.21. The molecule has 0 amide bonds. The Bertz CT molecular complexity index is 336. The first kappa shape index (κ1) is 11.5. The summed E-state index contributed by atoms with van der Waals surface area (Å²) in [6.07, 6.45) is -1.10. The average molecular weight is 212 g/mol. The average Bonchev–Trinajstić information content (AvgIpc) is 2.26. The topological polar surface area (TPSA) is 87.0 Å². The molecule has 15 heavy (non-hydrogen) atoms. The molecule has 1 aromatic rings. The van der Waals surface area contributed by atoms with Gasteiger partial charge in [0.2, 0.25) is 0 Å². The minimum Gasteiger partial charge on any atom is -0.507 e. The Labute approximate surface area is 86.5 Å². The molecule has 0 aromatic heterocycles. The van der Waals surface area contributed by atoms with E-state index in [2.05, 4.69) is 4.74 Å². The number of phenolic OH excluding ortho intramolecular Hbond substituents is 1. The Morgan fingerprint density at radius 1 is 1.40 bits per heavy atom. The van der Waals surface area contributed by atoms with Gasteiger partial charge >= 0.3 is 5.97 Å². The maximum Gasteiger partial charge on any atom is 0.342 e. The standard InChI is InChI=1S/C10H12O5/c11-5-7(12)6-15-10(14)8-3-1-2-4-9(8)13/h1-4,7,11-13H,5-6H2/t7-/m1/s1. The summed E-state index contributed by atoms with van der Waals surface area (Å²) in [6, 6.07) is 5.93. The van der Waals surface area contributed by atoms with E-state index in [1.165, 1.54) is 12.1 Å². The van der Waals surface area contributed by atoms with Gasteiger partial charge in [-0.2, -0.15) is 0 Å². The molecule has 0 saturated carbocycles. The fraction of sp³-hybridized carbons (Fsp3) is 0.300. The van der Waals surface area contributed by atoms with Gasteiger partial charge in [-0.25, -0.2) is 4.79 Å². The molecule has 0 spiro atoms. The van der Waals surface area contributed by atoms with Crippen LogP contribution in [0.4, 0.5) is 0 Å². The van der Waals surface area contributed by atoms with Gasteiger partial charge in [0.1, 0.15) is 24.0 Å². The third-order valence-corrected chi connectivity index (χ3v) is 1.74. The van der Waals surface area contributed by atoms with Crippen LogP contribution in [0.25, 0.3) is 0 Å². The molecule has 0 aliphatic carbocycles. The molecule has 0 saturated heterocycles. The van der Waals surface area contributed by atoms with Crippen LogP contribution in [0.2, 0.25) is 0 Å². The van der Waals surface area contributed by atoms with Crippen molar-refractivity contribution in [3.05, 3.63) is 29.8 Å². The summed E-state index contributed by atoms with van der Waals surface area (Å²) in [6.45, 7) is -0.780. The number of rotatable bonds is 4. The van der Waals surface area contributed by atoms with Crippen LogP contribution in [0.15, 0.2) is 24.3 Å². The van der Waals surface area contributed by atoms with Crippen molar-refractivity contribution in [3.8, 4) is 5.75 Å². The third-order valence-electron chi connectivity index (χ3n) is 1.74. The van der Waals surface area contributed by atoms with Crippen molar-refractivity contribution in [2.45, 2.75) is 6.10 Å². The van der Waals surface area contributed by atoms with E-state index in [9.17, 15) is 9.90 Å². The van der Waals surface area contributed by atoms with Gasteiger partial charge < -0.3 is 20.1 Å². The van der Waals surface area contributed by atoms with Crippen molar-refractivity contribution in [2.24, 2.45) is 0 Å².